The Labute approximate surface area is 88.8 Å². The maximum Gasteiger partial charge on any atom is 0.329 e. The molecule has 0 fully saturated rings. The minimum absolute atomic E-state index is 0.0419. The largest absolute Gasteiger partial charge is 0.340 e. The van der Waals surface area contributed by atoms with Crippen molar-refractivity contribution in [3.8, 4) is 0 Å². The van der Waals surface area contributed by atoms with E-state index in [-0.39, 0.29) is 12.3 Å². The molecule has 0 heterocycles. The molecule has 8 heteroatoms. The molecule has 0 saturated carbocycles. The van der Waals surface area contributed by atoms with E-state index in [1.807, 2.05) is 0 Å². The Balaban J connectivity index is 4.27. The van der Waals surface area contributed by atoms with Crippen molar-refractivity contribution < 1.29 is 18.0 Å². The number of carbonyl (C=O) groups is 2. The van der Waals surface area contributed by atoms with Crippen molar-refractivity contribution in [3.63, 3.8) is 0 Å². The highest BCUT2D eigenvalue weighted by Crippen LogP contribution is 1.98. The fraction of sp³-hybridized carbons (Fsp3) is 0.714. The van der Waals surface area contributed by atoms with Crippen LogP contribution in [0.3, 0.4) is 0 Å². The molecule has 0 spiro atoms. The maximum atomic E-state index is 11.1. The normalized spacial score (nSPS) is 10.9. The quantitative estimate of drug-likeness (QED) is 0.602. The molecule has 88 valence electrons. The van der Waals surface area contributed by atoms with E-state index in [0.29, 0.717) is 0 Å². The standard InChI is InChI=1S/C7H15N3O4S/c1-5(2)4-6(11)9-15(13,14)10-7(12)8-3/h5H,4H2,1-3H3,(H,9,11)(H2,8,10,12). The third-order valence-corrected chi connectivity index (χ3v) is 2.25. The van der Waals surface area contributed by atoms with E-state index in [0.717, 1.165) is 0 Å². The zero-order valence-electron chi connectivity index (χ0n) is 8.83. The second kappa shape index (κ2) is 5.54. The van der Waals surface area contributed by atoms with E-state index >= 15 is 0 Å². The Bertz CT molecular complexity index is 336. The van der Waals surface area contributed by atoms with Gasteiger partial charge in [0, 0.05) is 13.5 Å². The number of amides is 3. The molecular formula is C7H15N3O4S. The molecule has 0 aliphatic rings. The molecule has 0 aromatic carbocycles. The third-order valence-electron chi connectivity index (χ3n) is 1.30. The summed E-state index contributed by atoms with van der Waals surface area (Å²) < 4.78 is 25.5. The van der Waals surface area contributed by atoms with Crippen molar-refractivity contribution in [1.82, 2.24) is 14.8 Å². The Kier molecular flexibility index (Phi) is 5.06. The van der Waals surface area contributed by atoms with Crippen LogP contribution in [0, 0.1) is 5.92 Å². The fourth-order valence-electron chi connectivity index (χ4n) is 0.761. The van der Waals surface area contributed by atoms with Crippen molar-refractivity contribution in [2.24, 2.45) is 5.92 Å². The van der Waals surface area contributed by atoms with E-state index in [1.54, 1.807) is 23.3 Å². The van der Waals surface area contributed by atoms with Crippen molar-refractivity contribution in [1.29, 1.82) is 0 Å². The molecule has 0 aliphatic heterocycles. The van der Waals surface area contributed by atoms with Gasteiger partial charge in [-0.2, -0.15) is 8.42 Å². The molecule has 0 unspecified atom stereocenters. The van der Waals surface area contributed by atoms with Gasteiger partial charge in [-0.1, -0.05) is 13.8 Å². The Morgan fingerprint density at radius 1 is 1.20 bits per heavy atom. The minimum atomic E-state index is -4.10. The summed E-state index contributed by atoms with van der Waals surface area (Å²) in [5.41, 5.74) is 0. The predicted octanol–water partition coefficient (Wildman–Crippen LogP) is -0.678. The van der Waals surface area contributed by atoms with Gasteiger partial charge in [-0.25, -0.2) is 14.2 Å². The van der Waals surface area contributed by atoms with Gasteiger partial charge < -0.3 is 5.32 Å². The van der Waals surface area contributed by atoms with Gasteiger partial charge in [0.05, 0.1) is 0 Å². The van der Waals surface area contributed by atoms with Gasteiger partial charge >= 0.3 is 16.2 Å². The zero-order chi connectivity index (χ0) is 12.1. The summed E-state index contributed by atoms with van der Waals surface area (Å²) in [6.45, 7) is 3.55. The second-order valence-corrected chi connectivity index (χ2v) is 4.72. The van der Waals surface area contributed by atoms with Gasteiger partial charge in [-0.05, 0) is 5.92 Å². The first-order valence-electron chi connectivity index (χ1n) is 4.32. The van der Waals surface area contributed by atoms with Crippen LogP contribution in [-0.2, 0) is 15.0 Å². The first-order valence-corrected chi connectivity index (χ1v) is 5.80. The van der Waals surface area contributed by atoms with Crippen molar-refractivity contribution in [2.75, 3.05) is 7.05 Å². The summed E-state index contributed by atoms with van der Waals surface area (Å²) in [4.78, 5) is 21.8. The van der Waals surface area contributed by atoms with Crippen LogP contribution in [0.25, 0.3) is 0 Å². The van der Waals surface area contributed by atoms with Gasteiger partial charge in [0.1, 0.15) is 0 Å². The van der Waals surface area contributed by atoms with Gasteiger partial charge in [0.2, 0.25) is 5.91 Å². The summed E-state index contributed by atoms with van der Waals surface area (Å²) in [7, 11) is -2.83. The second-order valence-electron chi connectivity index (χ2n) is 3.31. The first-order chi connectivity index (χ1) is 6.76. The van der Waals surface area contributed by atoms with E-state index in [2.05, 4.69) is 5.32 Å². The highest BCUT2D eigenvalue weighted by Gasteiger charge is 2.16. The van der Waals surface area contributed by atoms with Crippen LogP contribution in [0.1, 0.15) is 20.3 Å². The van der Waals surface area contributed by atoms with Gasteiger partial charge in [-0.3, -0.25) is 4.79 Å². The molecule has 0 aliphatic carbocycles. The SMILES string of the molecule is CNC(=O)NS(=O)(=O)NC(=O)CC(C)C. The Hall–Kier alpha value is -1.31. The van der Waals surface area contributed by atoms with Crippen LogP contribution in [-0.4, -0.2) is 27.4 Å². The van der Waals surface area contributed by atoms with Gasteiger partial charge in [0.15, 0.2) is 0 Å². The van der Waals surface area contributed by atoms with Crippen LogP contribution < -0.4 is 14.8 Å². The highest BCUT2D eigenvalue weighted by atomic mass is 32.2. The smallest absolute Gasteiger partial charge is 0.329 e. The van der Waals surface area contributed by atoms with Crippen LogP contribution in [0.5, 0.6) is 0 Å². The average molecular weight is 237 g/mol. The molecule has 0 atom stereocenters. The Morgan fingerprint density at radius 3 is 2.13 bits per heavy atom. The molecule has 0 bridgehead atoms. The summed E-state index contributed by atoms with van der Waals surface area (Å²) in [5, 5.41) is 2.05. The lowest BCUT2D eigenvalue weighted by Gasteiger charge is -2.08. The van der Waals surface area contributed by atoms with E-state index in [4.69, 9.17) is 0 Å². The van der Waals surface area contributed by atoms with Crippen LogP contribution in [0.15, 0.2) is 0 Å². The van der Waals surface area contributed by atoms with Crippen LogP contribution >= 0.6 is 0 Å². The highest BCUT2D eigenvalue weighted by molar-refractivity contribution is 7.88. The van der Waals surface area contributed by atoms with Gasteiger partial charge in [-0.15, -0.1) is 0 Å². The molecule has 0 aromatic heterocycles. The van der Waals surface area contributed by atoms with E-state index in [9.17, 15) is 18.0 Å². The summed E-state index contributed by atoms with van der Waals surface area (Å²) in [6.07, 6.45) is 0.0780. The number of hydrogen-bond donors (Lipinski definition) is 3. The molecular weight excluding hydrogens is 222 g/mol. The van der Waals surface area contributed by atoms with Crippen molar-refractivity contribution >= 4 is 22.1 Å². The van der Waals surface area contributed by atoms with Crippen LogP contribution in [0.4, 0.5) is 4.79 Å². The van der Waals surface area contributed by atoms with E-state index in [1.165, 1.54) is 7.05 Å². The molecule has 15 heavy (non-hydrogen) atoms. The molecule has 0 radical (unpaired) electrons. The minimum Gasteiger partial charge on any atom is -0.340 e. The van der Waals surface area contributed by atoms with Crippen molar-refractivity contribution in [3.05, 3.63) is 0 Å². The Morgan fingerprint density at radius 2 is 1.73 bits per heavy atom. The lowest BCUT2D eigenvalue weighted by atomic mass is 10.1. The average Bonchev–Trinajstić information content (AvgIpc) is 1.99. The number of urea groups is 1. The summed E-state index contributed by atoms with van der Waals surface area (Å²) >= 11 is 0. The molecule has 7 nitrogen and oxygen atoms in total. The molecule has 0 saturated heterocycles. The fourth-order valence-corrected chi connectivity index (χ4v) is 1.54. The van der Waals surface area contributed by atoms with E-state index < -0.39 is 22.1 Å². The lowest BCUT2D eigenvalue weighted by molar-refractivity contribution is -0.120. The number of nitrogens with one attached hydrogen (secondary N) is 3. The van der Waals surface area contributed by atoms with Gasteiger partial charge in [0.25, 0.3) is 0 Å². The topological polar surface area (TPSA) is 104 Å². The first kappa shape index (κ1) is 13.7. The molecule has 0 rings (SSSR count). The summed E-state index contributed by atoms with van der Waals surface area (Å²) in [6, 6.07) is -0.903. The maximum absolute atomic E-state index is 11.1. The van der Waals surface area contributed by atoms with Crippen molar-refractivity contribution in [2.45, 2.75) is 20.3 Å². The molecule has 0 aromatic rings. The number of carbonyl (C=O) groups excluding carboxylic acids is 2. The molecule has 3 amide bonds. The third kappa shape index (κ3) is 6.72. The lowest BCUT2D eigenvalue weighted by Crippen LogP contribution is -2.46. The monoisotopic (exact) mass is 237 g/mol. The number of hydrogen-bond acceptors (Lipinski definition) is 4. The summed E-state index contributed by atoms with van der Waals surface area (Å²) in [5.74, 6) is -0.610. The molecule has 3 N–H and O–H groups in total. The predicted molar refractivity (Wildman–Crippen MR) is 54.1 cm³/mol. The van der Waals surface area contributed by atoms with Crippen LogP contribution in [0.2, 0.25) is 0 Å². The number of rotatable bonds is 4. The zero-order valence-corrected chi connectivity index (χ0v) is 9.64.